The van der Waals surface area contributed by atoms with Crippen LogP contribution < -0.4 is 10.5 Å². The average Bonchev–Trinajstić information content (AvgIpc) is 2.19. The second-order valence-electron chi connectivity index (χ2n) is 2.91. The zero-order chi connectivity index (χ0) is 12.1. The highest BCUT2D eigenvalue weighted by atomic mass is 19.1. The molecule has 6 nitrogen and oxygen atoms in total. The van der Waals surface area contributed by atoms with E-state index in [1.54, 1.807) is 0 Å². The molecule has 0 heterocycles. The molecule has 16 heavy (non-hydrogen) atoms. The van der Waals surface area contributed by atoms with Crippen LogP contribution in [0.5, 0.6) is 5.75 Å². The number of benzene rings is 1. The van der Waals surface area contributed by atoms with Crippen LogP contribution in [0.4, 0.5) is 10.1 Å². The molecular weight excluding hydrogens is 219 g/mol. The van der Waals surface area contributed by atoms with Crippen molar-refractivity contribution >= 4 is 11.6 Å². The summed E-state index contributed by atoms with van der Waals surface area (Å²) in [4.78, 5) is 20.2. The lowest BCUT2D eigenvalue weighted by Crippen LogP contribution is -2.15. The van der Waals surface area contributed by atoms with Crippen molar-refractivity contribution in [2.75, 3.05) is 6.61 Å². The molecule has 0 spiro atoms. The fraction of sp³-hybridized carbons (Fsp3) is 0.222. The van der Waals surface area contributed by atoms with Gasteiger partial charge in [-0.1, -0.05) is 6.07 Å². The van der Waals surface area contributed by atoms with Gasteiger partial charge in [0.1, 0.15) is 0 Å². The minimum atomic E-state index is -0.848. The van der Waals surface area contributed by atoms with E-state index < -0.39 is 28.1 Å². The van der Waals surface area contributed by atoms with Crippen LogP contribution in [0.15, 0.2) is 18.2 Å². The molecule has 0 saturated heterocycles. The van der Waals surface area contributed by atoms with Gasteiger partial charge in [0.25, 0.3) is 0 Å². The largest absolute Gasteiger partial charge is 0.484 e. The summed E-state index contributed by atoms with van der Waals surface area (Å²) in [6, 6.07) is 3.35. The Balaban J connectivity index is 2.84. The maximum absolute atomic E-state index is 13.2. The van der Waals surface area contributed by atoms with E-state index >= 15 is 0 Å². The van der Waals surface area contributed by atoms with E-state index in [4.69, 9.17) is 10.5 Å². The summed E-state index contributed by atoms with van der Waals surface area (Å²) in [5.74, 6) is -1.95. The summed E-state index contributed by atoms with van der Waals surface area (Å²) in [5, 5.41) is 10.5. The lowest BCUT2D eigenvalue weighted by molar-refractivity contribution is -0.386. The van der Waals surface area contributed by atoms with Gasteiger partial charge >= 0.3 is 5.69 Å². The van der Waals surface area contributed by atoms with Crippen LogP contribution in [-0.2, 0) is 4.79 Å². The lowest BCUT2D eigenvalue weighted by atomic mass is 10.3. The highest BCUT2D eigenvalue weighted by Gasteiger charge is 2.19. The first-order chi connectivity index (χ1) is 7.52. The van der Waals surface area contributed by atoms with Crippen LogP contribution in [0.25, 0.3) is 0 Å². The van der Waals surface area contributed by atoms with Crippen molar-refractivity contribution in [2.45, 2.75) is 6.42 Å². The zero-order valence-corrected chi connectivity index (χ0v) is 8.18. The Bertz CT molecular complexity index is 422. The van der Waals surface area contributed by atoms with Crippen LogP contribution in [0, 0.1) is 15.9 Å². The predicted octanol–water partition coefficient (Wildman–Crippen LogP) is 0.988. The first-order valence-electron chi connectivity index (χ1n) is 4.36. The van der Waals surface area contributed by atoms with Gasteiger partial charge in [-0.3, -0.25) is 14.9 Å². The van der Waals surface area contributed by atoms with Crippen molar-refractivity contribution in [3.8, 4) is 5.75 Å². The number of nitrogens with two attached hydrogens (primary N) is 1. The molecule has 0 fully saturated rings. The molecule has 1 aromatic carbocycles. The fourth-order valence-corrected chi connectivity index (χ4v) is 1.04. The number of nitro benzene ring substituents is 1. The third-order valence-corrected chi connectivity index (χ3v) is 1.74. The number of amides is 1. The number of hydrogen-bond donors (Lipinski definition) is 1. The standard InChI is InChI=1S/C9H9FN2O4/c10-6-2-1-3-7(12(14)15)9(6)16-5-4-8(11)13/h1-3H,4-5H2,(H2,11,13). The summed E-state index contributed by atoms with van der Waals surface area (Å²) in [6.45, 7) is -0.197. The van der Waals surface area contributed by atoms with Gasteiger partial charge in [-0.05, 0) is 6.07 Å². The summed E-state index contributed by atoms with van der Waals surface area (Å²) in [6.07, 6.45) is -0.133. The quantitative estimate of drug-likeness (QED) is 0.600. The van der Waals surface area contributed by atoms with Crippen LogP contribution in [0.2, 0.25) is 0 Å². The van der Waals surface area contributed by atoms with Gasteiger partial charge in [-0.15, -0.1) is 0 Å². The number of rotatable bonds is 5. The van der Waals surface area contributed by atoms with E-state index in [9.17, 15) is 19.3 Å². The molecular formula is C9H9FN2O4. The van der Waals surface area contributed by atoms with Crippen LogP contribution in [0.3, 0.4) is 0 Å². The molecule has 0 unspecified atom stereocenters. The highest BCUT2D eigenvalue weighted by molar-refractivity contribution is 5.73. The number of ether oxygens (including phenoxy) is 1. The third-order valence-electron chi connectivity index (χ3n) is 1.74. The van der Waals surface area contributed by atoms with Gasteiger partial charge in [-0.2, -0.15) is 0 Å². The van der Waals surface area contributed by atoms with Gasteiger partial charge in [0.05, 0.1) is 18.0 Å². The third kappa shape index (κ3) is 2.91. The van der Waals surface area contributed by atoms with Crippen molar-refractivity contribution in [2.24, 2.45) is 5.73 Å². The van der Waals surface area contributed by atoms with E-state index in [1.165, 1.54) is 6.07 Å². The molecule has 2 N–H and O–H groups in total. The second kappa shape index (κ2) is 5.06. The van der Waals surface area contributed by atoms with Gasteiger partial charge < -0.3 is 10.5 Å². The number of carbonyl (C=O) groups excluding carboxylic acids is 1. The molecule has 0 bridgehead atoms. The highest BCUT2D eigenvalue weighted by Crippen LogP contribution is 2.29. The maximum atomic E-state index is 13.2. The van der Waals surface area contributed by atoms with E-state index in [2.05, 4.69) is 0 Å². The molecule has 1 rings (SSSR count). The molecule has 0 aliphatic rings. The number of halogens is 1. The normalized spacial score (nSPS) is 9.81. The van der Waals surface area contributed by atoms with E-state index in [1.807, 2.05) is 0 Å². The van der Waals surface area contributed by atoms with Gasteiger partial charge in [0, 0.05) is 6.07 Å². The number of para-hydroxylation sites is 1. The van der Waals surface area contributed by atoms with Gasteiger partial charge in [0.15, 0.2) is 5.82 Å². The molecule has 1 amide bonds. The Morgan fingerprint density at radius 1 is 1.56 bits per heavy atom. The Kier molecular flexibility index (Phi) is 3.76. The number of carbonyl (C=O) groups is 1. The van der Waals surface area contributed by atoms with Crippen molar-refractivity contribution in [3.05, 3.63) is 34.1 Å². The summed E-state index contributed by atoms with van der Waals surface area (Å²) in [5.41, 5.74) is 4.36. The predicted molar refractivity (Wildman–Crippen MR) is 52.4 cm³/mol. The maximum Gasteiger partial charge on any atom is 0.314 e. The van der Waals surface area contributed by atoms with Gasteiger partial charge in [-0.25, -0.2) is 4.39 Å². The summed E-state index contributed by atoms with van der Waals surface area (Å²) >= 11 is 0. The Morgan fingerprint density at radius 3 is 2.81 bits per heavy atom. The average molecular weight is 228 g/mol. The first kappa shape index (κ1) is 11.9. The number of nitrogens with zero attached hydrogens (tertiary/aromatic N) is 1. The second-order valence-corrected chi connectivity index (χ2v) is 2.91. The smallest absolute Gasteiger partial charge is 0.314 e. The van der Waals surface area contributed by atoms with Crippen LogP contribution >= 0.6 is 0 Å². The monoisotopic (exact) mass is 228 g/mol. The Morgan fingerprint density at radius 2 is 2.25 bits per heavy atom. The first-order valence-corrected chi connectivity index (χ1v) is 4.36. The van der Waals surface area contributed by atoms with Crippen molar-refractivity contribution in [1.29, 1.82) is 0 Å². The molecule has 7 heteroatoms. The Labute approximate surface area is 90.0 Å². The van der Waals surface area contributed by atoms with Crippen molar-refractivity contribution in [3.63, 3.8) is 0 Å². The molecule has 0 saturated carbocycles. The summed E-state index contributed by atoms with van der Waals surface area (Å²) < 4.78 is 18.0. The lowest BCUT2D eigenvalue weighted by Gasteiger charge is -2.05. The fourth-order valence-electron chi connectivity index (χ4n) is 1.04. The number of primary amides is 1. The molecule has 0 aliphatic heterocycles. The molecule has 1 aromatic rings. The van der Waals surface area contributed by atoms with E-state index in [-0.39, 0.29) is 13.0 Å². The number of nitro groups is 1. The van der Waals surface area contributed by atoms with Gasteiger partial charge in [0.2, 0.25) is 11.7 Å². The number of hydrogen-bond acceptors (Lipinski definition) is 4. The molecule has 0 atom stereocenters. The molecule has 0 aromatic heterocycles. The molecule has 0 aliphatic carbocycles. The zero-order valence-electron chi connectivity index (χ0n) is 8.18. The van der Waals surface area contributed by atoms with Crippen molar-refractivity contribution in [1.82, 2.24) is 0 Å². The van der Waals surface area contributed by atoms with E-state index in [0.29, 0.717) is 0 Å². The minimum absolute atomic E-state index is 0.133. The molecule has 0 radical (unpaired) electrons. The van der Waals surface area contributed by atoms with E-state index in [0.717, 1.165) is 12.1 Å². The topological polar surface area (TPSA) is 95.5 Å². The van der Waals surface area contributed by atoms with Crippen LogP contribution in [0.1, 0.15) is 6.42 Å². The molecule has 86 valence electrons. The summed E-state index contributed by atoms with van der Waals surface area (Å²) in [7, 11) is 0. The SMILES string of the molecule is NC(=O)CCOc1c(F)cccc1[N+](=O)[O-]. The Hall–Kier alpha value is -2.18. The minimum Gasteiger partial charge on any atom is -0.484 e. The van der Waals surface area contributed by atoms with Crippen molar-refractivity contribution < 1.29 is 18.8 Å². The van der Waals surface area contributed by atoms with Crippen LogP contribution in [-0.4, -0.2) is 17.4 Å².